The lowest BCUT2D eigenvalue weighted by Gasteiger charge is -2.07. The van der Waals surface area contributed by atoms with Gasteiger partial charge in [0.1, 0.15) is 18.8 Å². The molecule has 0 saturated carbocycles. The van der Waals surface area contributed by atoms with E-state index in [0.29, 0.717) is 33.0 Å². The maximum absolute atomic E-state index is 11.0. The van der Waals surface area contributed by atoms with Gasteiger partial charge in [-0.25, -0.2) is 0 Å². The summed E-state index contributed by atoms with van der Waals surface area (Å²) in [5, 5.41) is 0. The molecule has 0 unspecified atom stereocenters. The minimum Gasteiger partial charge on any atom is -0.463 e. The molecule has 0 heterocycles. The number of esters is 1. The molecule has 0 fully saturated rings. The monoisotopic (exact) mass is 290 g/mol. The molecule has 0 rings (SSSR count). The number of unbranched alkanes of at least 4 members (excludes halogenated alkanes) is 1. The van der Waals surface area contributed by atoms with Crippen LogP contribution in [-0.4, -0.2) is 58.0 Å². The van der Waals surface area contributed by atoms with Crippen molar-refractivity contribution in [2.45, 2.75) is 33.1 Å². The highest BCUT2D eigenvalue weighted by molar-refractivity contribution is 5.94. The van der Waals surface area contributed by atoms with Crippen molar-refractivity contribution in [2.24, 2.45) is 0 Å². The van der Waals surface area contributed by atoms with E-state index in [9.17, 15) is 9.59 Å². The Balaban J connectivity index is 3.09. The van der Waals surface area contributed by atoms with Crippen LogP contribution in [0.3, 0.4) is 0 Å². The van der Waals surface area contributed by atoms with E-state index in [1.165, 1.54) is 6.92 Å². The van der Waals surface area contributed by atoms with Gasteiger partial charge in [-0.2, -0.15) is 0 Å². The zero-order chi connectivity index (χ0) is 15.1. The molecule has 0 aliphatic carbocycles. The minimum atomic E-state index is -0.512. The van der Waals surface area contributed by atoms with E-state index in [2.05, 4.69) is 6.92 Å². The molecule has 0 bridgehead atoms. The first kappa shape index (κ1) is 19.0. The second-order valence-corrected chi connectivity index (χ2v) is 4.29. The summed E-state index contributed by atoms with van der Waals surface area (Å²) in [6.07, 6.45) is 2.03. The molecule has 0 radical (unpaired) electrons. The van der Waals surface area contributed by atoms with E-state index >= 15 is 0 Å². The van der Waals surface area contributed by atoms with Crippen molar-refractivity contribution in [2.75, 3.05) is 46.2 Å². The van der Waals surface area contributed by atoms with Gasteiger partial charge in [-0.1, -0.05) is 13.3 Å². The molecule has 118 valence electrons. The highest BCUT2D eigenvalue weighted by Gasteiger charge is 2.05. The molecular formula is C14H26O6. The van der Waals surface area contributed by atoms with Gasteiger partial charge in [0.25, 0.3) is 0 Å². The average molecular weight is 290 g/mol. The number of carbonyl (C=O) groups is 2. The zero-order valence-corrected chi connectivity index (χ0v) is 12.5. The SMILES string of the molecule is CCCCOCCOCCOCCOC(=O)CC(C)=O. The number of Topliss-reactive ketones (excluding diaryl/α,β-unsaturated/α-hetero) is 1. The summed E-state index contributed by atoms with van der Waals surface area (Å²) in [6, 6.07) is 0. The molecule has 6 nitrogen and oxygen atoms in total. The van der Waals surface area contributed by atoms with Crippen LogP contribution in [0.5, 0.6) is 0 Å². The molecule has 0 N–H and O–H groups in total. The normalized spacial score (nSPS) is 10.5. The van der Waals surface area contributed by atoms with Gasteiger partial charge < -0.3 is 18.9 Å². The van der Waals surface area contributed by atoms with Crippen molar-refractivity contribution in [3.05, 3.63) is 0 Å². The summed E-state index contributed by atoms with van der Waals surface area (Å²) in [7, 11) is 0. The Labute approximate surface area is 120 Å². The van der Waals surface area contributed by atoms with Crippen LogP contribution in [0.15, 0.2) is 0 Å². The highest BCUT2D eigenvalue weighted by atomic mass is 16.6. The van der Waals surface area contributed by atoms with E-state index in [1.54, 1.807) is 0 Å². The lowest BCUT2D eigenvalue weighted by Crippen LogP contribution is -2.15. The van der Waals surface area contributed by atoms with Gasteiger partial charge in [-0.05, 0) is 13.3 Å². The summed E-state index contributed by atoms with van der Waals surface area (Å²) in [6.45, 7) is 6.80. The number of ether oxygens (including phenoxy) is 4. The third kappa shape index (κ3) is 15.1. The van der Waals surface area contributed by atoms with Gasteiger partial charge in [0, 0.05) is 6.61 Å². The van der Waals surface area contributed by atoms with Crippen LogP contribution in [0.1, 0.15) is 33.1 Å². The Morgan fingerprint density at radius 2 is 1.30 bits per heavy atom. The quantitative estimate of drug-likeness (QED) is 0.273. The first-order valence-corrected chi connectivity index (χ1v) is 7.05. The molecule has 0 amide bonds. The third-order valence-electron chi connectivity index (χ3n) is 2.27. The Morgan fingerprint density at radius 3 is 1.80 bits per heavy atom. The largest absolute Gasteiger partial charge is 0.463 e. The average Bonchev–Trinajstić information content (AvgIpc) is 2.39. The van der Waals surface area contributed by atoms with Gasteiger partial charge in [-0.3, -0.25) is 9.59 Å². The molecule has 0 saturated heterocycles. The topological polar surface area (TPSA) is 71.1 Å². The van der Waals surface area contributed by atoms with Crippen molar-refractivity contribution in [3.63, 3.8) is 0 Å². The van der Waals surface area contributed by atoms with Gasteiger partial charge in [-0.15, -0.1) is 0 Å². The lowest BCUT2D eigenvalue weighted by molar-refractivity contribution is -0.147. The predicted molar refractivity (Wildman–Crippen MR) is 73.6 cm³/mol. The standard InChI is InChI=1S/C14H26O6/c1-3-4-5-17-6-7-18-8-9-19-10-11-20-14(16)12-13(2)15/h3-12H2,1-2H3. The van der Waals surface area contributed by atoms with Crippen LogP contribution in [0.2, 0.25) is 0 Å². The highest BCUT2D eigenvalue weighted by Crippen LogP contribution is 1.89. The molecule has 0 spiro atoms. The first-order chi connectivity index (χ1) is 9.66. The zero-order valence-electron chi connectivity index (χ0n) is 12.5. The predicted octanol–water partition coefficient (Wildman–Crippen LogP) is 1.36. The molecule has 0 aromatic carbocycles. The van der Waals surface area contributed by atoms with Crippen LogP contribution in [0.25, 0.3) is 0 Å². The molecule has 0 aliphatic rings. The summed E-state index contributed by atoms with van der Waals surface area (Å²) >= 11 is 0. The van der Waals surface area contributed by atoms with Crippen molar-refractivity contribution in [3.8, 4) is 0 Å². The fourth-order valence-electron chi connectivity index (χ4n) is 1.26. The first-order valence-electron chi connectivity index (χ1n) is 7.05. The summed E-state index contributed by atoms with van der Waals surface area (Å²) in [4.78, 5) is 21.6. The lowest BCUT2D eigenvalue weighted by atomic mass is 10.3. The number of hydrogen-bond acceptors (Lipinski definition) is 6. The minimum absolute atomic E-state index is 0.159. The Hall–Kier alpha value is -0.980. The summed E-state index contributed by atoms with van der Waals surface area (Å²) < 4.78 is 20.6. The van der Waals surface area contributed by atoms with Crippen LogP contribution in [-0.2, 0) is 28.5 Å². The van der Waals surface area contributed by atoms with Gasteiger partial charge in [0.15, 0.2) is 0 Å². The number of carbonyl (C=O) groups excluding carboxylic acids is 2. The maximum atomic E-state index is 11.0. The van der Waals surface area contributed by atoms with Crippen LogP contribution in [0.4, 0.5) is 0 Å². The fraction of sp³-hybridized carbons (Fsp3) is 0.857. The Morgan fingerprint density at radius 1 is 0.800 bits per heavy atom. The van der Waals surface area contributed by atoms with Gasteiger partial charge >= 0.3 is 5.97 Å². The number of hydrogen-bond donors (Lipinski definition) is 0. The molecule has 0 aromatic heterocycles. The van der Waals surface area contributed by atoms with E-state index in [1.807, 2.05) is 0 Å². The maximum Gasteiger partial charge on any atom is 0.313 e. The van der Waals surface area contributed by atoms with E-state index < -0.39 is 5.97 Å². The molecule has 0 aromatic rings. The Kier molecular flexibility index (Phi) is 13.7. The van der Waals surface area contributed by atoms with E-state index in [4.69, 9.17) is 18.9 Å². The number of rotatable bonds is 14. The van der Waals surface area contributed by atoms with E-state index in [-0.39, 0.29) is 18.8 Å². The van der Waals surface area contributed by atoms with Crippen molar-refractivity contribution < 1.29 is 28.5 Å². The summed E-state index contributed by atoms with van der Waals surface area (Å²) in [5.41, 5.74) is 0. The molecule has 0 atom stereocenters. The smallest absolute Gasteiger partial charge is 0.313 e. The van der Waals surface area contributed by atoms with E-state index in [0.717, 1.165) is 19.4 Å². The van der Waals surface area contributed by atoms with Crippen LogP contribution < -0.4 is 0 Å². The van der Waals surface area contributed by atoms with Crippen molar-refractivity contribution in [1.82, 2.24) is 0 Å². The Bertz CT molecular complexity index is 254. The molecule has 20 heavy (non-hydrogen) atoms. The van der Waals surface area contributed by atoms with Gasteiger partial charge in [0.2, 0.25) is 0 Å². The second kappa shape index (κ2) is 14.4. The molecular weight excluding hydrogens is 264 g/mol. The van der Waals surface area contributed by atoms with Crippen molar-refractivity contribution in [1.29, 1.82) is 0 Å². The van der Waals surface area contributed by atoms with Crippen LogP contribution in [0, 0.1) is 0 Å². The second-order valence-electron chi connectivity index (χ2n) is 4.29. The fourth-order valence-corrected chi connectivity index (χ4v) is 1.26. The van der Waals surface area contributed by atoms with Gasteiger partial charge in [0.05, 0.1) is 33.0 Å². The van der Waals surface area contributed by atoms with Crippen LogP contribution >= 0.6 is 0 Å². The molecule has 0 aliphatic heterocycles. The molecule has 6 heteroatoms. The summed E-state index contributed by atoms with van der Waals surface area (Å²) in [5.74, 6) is -0.716. The third-order valence-corrected chi connectivity index (χ3v) is 2.27. The van der Waals surface area contributed by atoms with Crippen molar-refractivity contribution >= 4 is 11.8 Å². The number of ketones is 1.